The normalized spacial score (nSPS) is 19.3. The van der Waals surface area contributed by atoms with Crippen molar-refractivity contribution in [2.24, 2.45) is 11.7 Å². The number of nitrogens with one attached hydrogen (secondary N) is 1. The molecule has 2 amide bonds. The van der Waals surface area contributed by atoms with Crippen molar-refractivity contribution in [1.29, 1.82) is 0 Å². The van der Waals surface area contributed by atoms with Crippen LogP contribution in [0.3, 0.4) is 0 Å². The Hall–Kier alpha value is -3.19. The van der Waals surface area contributed by atoms with Crippen molar-refractivity contribution < 1.29 is 19.1 Å². The predicted octanol–water partition coefficient (Wildman–Crippen LogP) is 3.65. The highest BCUT2D eigenvalue weighted by atomic mass is 16.3. The number of amides is 2. The molecule has 4 rings (SSSR count). The first-order chi connectivity index (χ1) is 14.7. The largest absolute Gasteiger partial charge is 0.464 e. The number of hydrogen-bond acceptors (Lipinski definition) is 5. The Kier molecular flexibility index (Phi) is 5.54. The van der Waals surface area contributed by atoms with Gasteiger partial charge in [0.05, 0.1) is 17.6 Å². The Labute approximate surface area is 180 Å². The summed E-state index contributed by atoms with van der Waals surface area (Å²) in [6.07, 6.45) is 5.06. The molecular formula is C24H27N3O4. The van der Waals surface area contributed by atoms with Crippen LogP contribution in [-0.4, -0.2) is 33.5 Å². The number of nitrogens with two attached hydrogens (primary N) is 1. The number of primary amides is 1. The van der Waals surface area contributed by atoms with E-state index in [1.165, 1.54) is 12.3 Å². The molecule has 2 aromatic heterocycles. The maximum absolute atomic E-state index is 12.7. The Balaban J connectivity index is 1.48. The lowest BCUT2D eigenvalue weighted by Crippen LogP contribution is -2.41. The summed E-state index contributed by atoms with van der Waals surface area (Å²) in [5.74, 6) is -0.483. The first-order valence-corrected chi connectivity index (χ1v) is 10.5. The summed E-state index contributed by atoms with van der Waals surface area (Å²) in [4.78, 5) is 28.7. The summed E-state index contributed by atoms with van der Waals surface area (Å²) in [6.45, 7) is 3.70. The van der Waals surface area contributed by atoms with E-state index in [2.05, 4.69) is 10.3 Å². The Bertz CT molecular complexity index is 1100. The number of rotatable bonds is 5. The fourth-order valence-corrected chi connectivity index (χ4v) is 4.30. The van der Waals surface area contributed by atoms with E-state index in [1.807, 2.05) is 13.8 Å². The second kappa shape index (κ2) is 8.15. The number of benzene rings is 1. The van der Waals surface area contributed by atoms with E-state index in [9.17, 15) is 14.7 Å². The van der Waals surface area contributed by atoms with Gasteiger partial charge in [0.15, 0.2) is 0 Å². The summed E-state index contributed by atoms with van der Waals surface area (Å²) in [5, 5.41) is 14.1. The van der Waals surface area contributed by atoms with Crippen LogP contribution in [0.2, 0.25) is 0 Å². The fourth-order valence-electron chi connectivity index (χ4n) is 4.30. The van der Waals surface area contributed by atoms with Crippen LogP contribution in [0.1, 0.15) is 60.4 Å². The summed E-state index contributed by atoms with van der Waals surface area (Å²) in [6, 6.07) is 10.5. The quantitative estimate of drug-likeness (QED) is 0.581. The molecule has 3 aromatic rings. The standard InChI is InChI=1S/C24H27N3O4/c1-24(2,30)16-7-9-17(10-8-16)26-23(29)15-5-3-14(4-6-15)21-18-11-12-31-20(18)13-19(27-21)22(25)28/h3-6,11-13,16-17,30H,7-10H2,1-2H3,(H2,25,28)(H,26,29)/t16-,17-. The van der Waals surface area contributed by atoms with Gasteiger partial charge in [0.1, 0.15) is 11.3 Å². The van der Waals surface area contributed by atoms with Crippen LogP contribution in [0.15, 0.2) is 47.1 Å². The number of hydrogen-bond donors (Lipinski definition) is 3. The molecule has 7 nitrogen and oxygen atoms in total. The summed E-state index contributed by atoms with van der Waals surface area (Å²) in [7, 11) is 0. The van der Waals surface area contributed by atoms with Crippen LogP contribution in [0, 0.1) is 5.92 Å². The lowest BCUT2D eigenvalue weighted by atomic mass is 9.77. The van der Waals surface area contributed by atoms with Gasteiger partial charge in [-0.1, -0.05) is 12.1 Å². The molecule has 7 heteroatoms. The van der Waals surface area contributed by atoms with Crippen LogP contribution in [0.25, 0.3) is 22.2 Å². The number of carbonyl (C=O) groups is 2. The average Bonchev–Trinajstić information content (AvgIpc) is 3.21. The Morgan fingerprint density at radius 2 is 1.81 bits per heavy atom. The van der Waals surface area contributed by atoms with E-state index in [4.69, 9.17) is 10.2 Å². The molecule has 1 aliphatic carbocycles. The fraction of sp³-hybridized carbons (Fsp3) is 0.375. The summed E-state index contributed by atoms with van der Waals surface area (Å²) >= 11 is 0. The van der Waals surface area contributed by atoms with Crippen molar-refractivity contribution in [3.05, 3.63) is 53.9 Å². The van der Waals surface area contributed by atoms with Crippen molar-refractivity contribution in [3.63, 3.8) is 0 Å². The topological polar surface area (TPSA) is 118 Å². The molecule has 1 saturated carbocycles. The van der Waals surface area contributed by atoms with Crippen molar-refractivity contribution in [2.45, 2.75) is 51.2 Å². The number of pyridine rings is 1. The van der Waals surface area contributed by atoms with Crippen molar-refractivity contribution in [1.82, 2.24) is 10.3 Å². The monoisotopic (exact) mass is 421 g/mol. The molecule has 0 spiro atoms. The Morgan fingerprint density at radius 1 is 1.13 bits per heavy atom. The van der Waals surface area contributed by atoms with Gasteiger partial charge in [0.25, 0.3) is 11.8 Å². The minimum atomic E-state index is -0.676. The van der Waals surface area contributed by atoms with Gasteiger partial charge < -0.3 is 20.6 Å². The van der Waals surface area contributed by atoms with E-state index in [1.54, 1.807) is 30.3 Å². The number of fused-ring (bicyclic) bond motifs is 1. The van der Waals surface area contributed by atoms with Gasteiger partial charge in [0, 0.05) is 28.6 Å². The number of aliphatic hydroxyl groups is 1. The highest BCUT2D eigenvalue weighted by molar-refractivity contribution is 6.00. The zero-order valence-corrected chi connectivity index (χ0v) is 17.7. The first kappa shape index (κ1) is 21.1. The Morgan fingerprint density at radius 3 is 2.42 bits per heavy atom. The number of furan rings is 1. The van der Waals surface area contributed by atoms with Gasteiger partial charge in [-0.25, -0.2) is 4.98 Å². The highest BCUT2D eigenvalue weighted by Gasteiger charge is 2.31. The zero-order valence-electron chi connectivity index (χ0n) is 17.7. The SMILES string of the molecule is CC(C)(O)[C@H]1CC[C@H](NC(=O)c2ccc(-c3nc(C(N)=O)cc4occc34)cc2)CC1. The molecule has 4 N–H and O–H groups in total. The van der Waals surface area contributed by atoms with Gasteiger partial charge in [-0.3, -0.25) is 9.59 Å². The van der Waals surface area contributed by atoms with Crippen LogP contribution in [-0.2, 0) is 0 Å². The van der Waals surface area contributed by atoms with Crippen molar-refractivity contribution in [3.8, 4) is 11.3 Å². The van der Waals surface area contributed by atoms with Crippen LogP contribution >= 0.6 is 0 Å². The van der Waals surface area contributed by atoms with E-state index in [0.717, 1.165) is 36.6 Å². The van der Waals surface area contributed by atoms with Gasteiger partial charge in [0.2, 0.25) is 0 Å². The number of nitrogens with zero attached hydrogens (tertiary/aromatic N) is 1. The average molecular weight is 421 g/mol. The molecule has 1 fully saturated rings. The number of aromatic nitrogens is 1. The molecule has 0 atom stereocenters. The van der Waals surface area contributed by atoms with Gasteiger partial charge in [-0.15, -0.1) is 0 Å². The van der Waals surface area contributed by atoms with E-state index in [-0.39, 0.29) is 23.6 Å². The molecule has 2 heterocycles. The lowest BCUT2D eigenvalue weighted by Gasteiger charge is -2.36. The molecule has 0 radical (unpaired) electrons. The van der Waals surface area contributed by atoms with Crippen LogP contribution in [0.4, 0.5) is 0 Å². The van der Waals surface area contributed by atoms with Crippen LogP contribution < -0.4 is 11.1 Å². The van der Waals surface area contributed by atoms with Crippen molar-refractivity contribution >= 4 is 22.8 Å². The van der Waals surface area contributed by atoms with E-state index >= 15 is 0 Å². The lowest BCUT2D eigenvalue weighted by molar-refractivity contribution is -0.00258. The third-order valence-electron chi connectivity index (χ3n) is 6.18. The molecule has 1 aromatic carbocycles. The van der Waals surface area contributed by atoms with Crippen LogP contribution in [0.5, 0.6) is 0 Å². The van der Waals surface area contributed by atoms with Crippen molar-refractivity contribution in [2.75, 3.05) is 0 Å². The molecular weight excluding hydrogens is 394 g/mol. The van der Waals surface area contributed by atoms with Gasteiger partial charge in [-0.05, 0) is 63.6 Å². The zero-order chi connectivity index (χ0) is 22.2. The third-order valence-corrected chi connectivity index (χ3v) is 6.18. The second-order valence-electron chi connectivity index (χ2n) is 8.81. The predicted molar refractivity (Wildman–Crippen MR) is 117 cm³/mol. The number of carbonyl (C=O) groups excluding carboxylic acids is 2. The minimum absolute atomic E-state index is 0.116. The maximum Gasteiger partial charge on any atom is 0.267 e. The second-order valence-corrected chi connectivity index (χ2v) is 8.81. The summed E-state index contributed by atoms with van der Waals surface area (Å²) in [5.41, 5.74) is 7.28. The molecule has 31 heavy (non-hydrogen) atoms. The first-order valence-electron chi connectivity index (χ1n) is 10.5. The molecule has 0 saturated heterocycles. The summed E-state index contributed by atoms with van der Waals surface area (Å²) < 4.78 is 5.42. The van der Waals surface area contributed by atoms with Gasteiger partial charge in [-0.2, -0.15) is 0 Å². The molecule has 0 bridgehead atoms. The minimum Gasteiger partial charge on any atom is -0.464 e. The maximum atomic E-state index is 12.7. The molecule has 0 aliphatic heterocycles. The van der Waals surface area contributed by atoms with E-state index < -0.39 is 11.5 Å². The molecule has 0 unspecified atom stereocenters. The highest BCUT2D eigenvalue weighted by Crippen LogP contribution is 2.33. The molecule has 1 aliphatic rings. The smallest absolute Gasteiger partial charge is 0.267 e. The van der Waals surface area contributed by atoms with Gasteiger partial charge >= 0.3 is 0 Å². The third kappa shape index (κ3) is 4.46. The molecule has 162 valence electrons. The van der Waals surface area contributed by atoms with E-state index in [0.29, 0.717) is 16.8 Å².